The van der Waals surface area contributed by atoms with Crippen molar-refractivity contribution in [3.05, 3.63) is 24.3 Å². The maximum atomic E-state index is 12.3. The zero-order chi connectivity index (χ0) is 14.7. The van der Waals surface area contributed by atoms with Crippen molar-refractivity contribution in [2.45, 2.75) is 17.9 Å². The predicted molar refractivity (Wildman–Crippen MR) is 76.0 cm³/mol. The van der Waals surface area contributed by atoms with Crippen molar-refractivity contribution in [1.29, 1.82) is 0 Å². The summed E-state index contributed by atoms with van der Waals surface area (Å²) in [5.41, 5.74) is 0. The summed E-state index contributed by atoms with van der Waals surface area (Å²) >= 11 is 1.58. The summed E-state index contributed by atoms with van der Waals surface area (Å²) in [6, 6.07) is 7.58. The van der Waals surface area contributed by atoms with Gasteiger partial charge in [-0.05, 0) is 12.1 Å². The number of para-hydroxylation sites is 1. The highest BCUT2D eigenvalue weighted by Gasteiger charge is 2.30. The molecule has 20 heavy (non-hydrogen) atoms. The van der Waals surface area contributed by atoms with Gasteiger partial charge in [0.25, 0.3) is 5.91 Å². The Morgan fingerprint density at radius 3 is 2.90 bits per heavy atom. The van der Waals surface area contributed by atoms with Crippen molar-refractivity contribution >= 4 is 23.6 Å². The Bertz CT molecular complexity index is 520. The molecule has 0 aliphatic carbocycles. The molecule has 0 saturated heterocycles. The van der Waals surface area contributed by atoms with Gasteiger partial charge in [0.05, 0.1) is 5.92 Å². The van der Waals surface area contributed by atoms with Crippen LogP contribution in [-0.2, 0) is 9.59 Å². The van der Waals surface area contributed by atoms with E-state index in [0.29, 0.717) is 11.5 Å². The Hall–Kier alpha value is -1.69. The van der Waals surface area contributed by atoms with Crippen molar-refractivity contribution in [2.75, 3.05) is 19.3 Å². The quantitative estimate of drug-likeness (QED) is 0.916. The van der Waals surface area contributed by atoms with Crippen LogP contribution in [0, 0.1) is 5.92 Å². The molecule has 6 heteroatoms. The molecule has 0 radical (unpaired) electrons. The molecule has 1 aliphatic heterocycles. The number of fused-ring (bicyclic) bond motifs is 1. The second-order valence-electron chi connectivity index (χ2n) is 4.82. The number of thioether (sulfide) groups is 1. The van der Waals surface area contributed by atoms with Gasteiger partial charge in [-0.3, -0.25) is 9.59 Å². The van der Waals surface area contributed by atoms with Gasteiger partial charge in [0.15, 0.2) is 6.10 Å². The Balaban J connectivity index is 1.99. The topological polar surface area (TPSA) is 66.8 Å². The zero-order valence-corrected chi connectivity index (χ0v) is 12.2. The molecule has 0 fully saturated rings. The minimum absolute atomic E-state index is 0.180. The summed E-state index contributed by atoms with van der Waals surface area (Å²) in [5.74, 6) is -0.426. The lowest BCUT2D eigenvalue weighted by molar-refractivity contribution is -0.144. The highest BCUT2D eigenvalue weighted by molar-refractivity contribution is 7.99. The van der Waals surface area contributed by atoms with Crippen LogP contribution in [-0.4, -0.2) is 47.3 Å². The molecule has 0 unspecified atom stereocenters. The molecule has 1 heterocycles. The molecule has 1 aromatic rings. The molecular weight excluding hydrogens is 278 g/mol. The van der Waals surface area contributed by atoms with Gasteiger partial charge in [-0.15, -0.1) is 11.8 Å². The molecule has 108 valence electrons. The van der Waals surface area contributed by atoms with Crippen molar-refractivity contribution in [2.24, 2.45) is 5.92 Å². The summed E-state index contributed by atoms with van der Waals surface area (Å²) in [6.07, 6.45) is -0.555. The van der Waals surface area contributed by atoms with Crippen LogP contribution in [0.1, 0.15) is 6.92 Å². The van der Waals surface area contributed by atoms with Gasteiger partial charge in [0.1, 0.15) is 5.75 Å². The lowest BCUT2D eigenvalue weighted by Gasteiger charge is -2.29. The van der Waals surface area contributed by atoms with Crippen LogP contribution in [0.3, 0.4) is 0 Å². The van der Waals surface area contributed by atoms with E-state index < -0.39 is 18.0 Å². The first-order valence-electron chi connectivity index (χ1n) is 6.35. The van der Waals surface area contributed by atoms with Gasteiger partial charge in [0, 0.05) is 24.2 Å². The van der Waals surface area contributed by atoms with Crippen LogP contribution in [0.15, 0.2) is 29.2 Å². The fourth-order valence-electron chi connectivity index (χ4n) is 1.97. The largest absolute Gasteiger partial charge is 0.481 e. The maximum Gasteiger partial charge on any atom is 0.308 e. The second-order valence-corrected chi connectivity index (χ2v) is 5.88. The number of rotatable bonds is 4. The Morgan fingerprint density at radius 1 is 1.50 bits per heavy atom. The van der Waals surface area contributed by atoms with Gasteiger partial charge in [0.2, 0.25) is 0 Å². The molecule has 0 spiro atoms. The van der Waals surface area contributed by atoms with Gasteiger partial charge in [-0.2, -0.15) is 0 Å². The van der Waals surface area contributed by atoms with E-state index >= 15 is 0 Å². The number of carboxylic acids is 1. The summed E-state index contributed by atoms with van der Waals surface area (Å²) in [7, 11) is 1.61. The molecule has 1 aliphatic rings. The number of carboxylic acid groups (broad SMARTS) is 1. The third-order valence-corrected chi connectivity index (χ3v) is 4.25. The summed E-state index contributed by atoms with van der Waals surface area (Å²) in [4.78, 5) is 25.5. The Morgan fingerprint density at radius 2 is 2.20 bits per heavy atom. The number of likely N-dealkylation sites (N-methyl/N-ethyl adjacent to an activating group) is 1. The first-order chi connectivity index (χ1) is 9.49. The van der Waals surface area contributed by atoms with E-state index in [1.807, 2.05) is 24.3 Å². The van der Waals surface area contributed by atoms with Crippen molar-refractivity contribution < 1.29 is 19.4 Å². The van der Waals surface area contributed by atoms with Crippen LogP contribution >= 0.6 is 11.8 Å². The van der Waals surface area contributed by atoms with Crippen LogP contribution in [0.4, 0.5) is 0 Å². The monoisotopic (exact) mass is 295 g/mol. The van der Waals surface area contributed by atoms with E-state index in [0.717, 1.165) is 4.90 Å². The minimum Gasteiger partial charge on any atom is -0.481 e. The summed E-state index contributed by atoms with van der Waals surface area (Å²) < 4.78 is 5.70. The highest BCUT2D eigenvalue weighted by Crippen LogP contribution is 2.35. The minimum atomic E-state index is -0.908. The number of carbonyl (C=O) groups excluding carboxylic acids is 1. The molecule has 0 bridgehead atoms. The molecule has 2 rings (SSSR count). The molecule has 1 amide bonds. The molecular formula is C14H17NO4S. The van der Waals surface area contributed by atoms with Crippen molar-refractivity contribution in [1.82, 2.24) is 4.90 Å². The van der Waals surface area contributed by atoms with E-state index in [2.05, 4.69) is 0 Å². The number of carbonyl (C=O) groups is 2. The van der Waals surface area contributed by atoms with Crippen LogP contribution in [0.25, 0.3) is 0 Å². The number of nitrogens with zero attached hydrogens (tertiary/aromatic N) is 1. The fourth-order valence-corrected chi connectivity index (χ4v) is 2.94. The van der Waals surface area contributed by atoms with E-state index in [1.165, 1.54) is 4.90 Å². The van der Waals surface area contributed by atoms with Crippen LogP contribution < -0.4 is 4.74 Å². The molecule has 2 atom stereocenters. The maximum absolute atomic E-state index is 12.3. The van der Waals surface area contributed by atoms with Crippen molar-refractivity contribution in [3.8, 4) is 5.75 Å². The molecule has 1 aromatic carbocycles. The van der Waals surface area contributed by atoms with Gasteiger partial charge >= 0.3 is 5.97 Å². The predicted octanol–water partition coefficient (Wildman–Crippen LogP) is 1.72. The number of amides is 1. The van der Waals surface area contributed by atoms with Crippen LogP contribution in [0.5, 0.6) is 5.75 Å². The Labute approximate surface area is 121 Å². The zero-order valence-electron chi connectivity index (χ0n) is 11.4. The van der Waals surface area contributed by atoms with E-state index in [9.17, 15) is 9.59 Å². The highest BCUT2D eigenvalue weighted by atomic mass is 32.2. The van der Waals surface area contributed by atoms with Crippen LogP contribution in [0.2, 0.25) is 0 Å². The van der Waals surface area contributed by atoms with Gasteiger partial charge in [-0.1, -0.05) is 19.1 Å². The third kappa shape index (κ3) is 3.25. The molecule has 1 N–H and O–H groups in total. The van der Waals surface area contributed by atoms with Gasteiger partial charge < -0.3 is 14.7 Å². The molecule has 0 aromatic heterocycles. The fraction of sp³-hybridized carbons (Fsp3) is 0.429. The number of aliphatic carboxylic acids is 1. The van der Waals surface area contributed by atoms with Crippen molar-refractivity contribution in [3.63, 3.8) is 0 Å². The summed E-state index contributed by atoms with van der Waals surface area (Å²) in [5, 5.41) is 8.88. The SMILES string of the molecule is C[C@H](CN(C)C(=O)[C@H]1CSc2ccccc2O1)C(=O)O. The first kappa shape index (κ1) is 14.7. The number of hydrogen-bond acceptors (Lipinski definition) is 4. The number of ether oxygens (including phenoxy) is 1. The summed E-state index contributed by atoms with van der Waals surface area (Å²) in [6.45, 7) is 1.76. The number of benzene rings is 1. The lowest BCUT2D eigenvalue weighted by atomic mass is 10.1. The smallest absolute Gasteiger partial charge is 0.308 e. The second kappa shape index (κ2) is 6.17. The first-order valence-corrected chi connectivity index (χ1v) is 7.34. The average Bonchev–Trinajstić information content (AvgIpc) is 2.45. The van der Waals surface area contributed by atoms with E-state index in [1.54, 1.807) is 25.7 Å². The Kier molecular flexibility index (Phi) is 4.54. The molecule has 0 saturated carbocycles. The molecule has 5 nitrogen and oxygen atoms in total. The standard InChI is InChI=1S/C14H17NO4S/c1-9(14(17)18)7-15(2)13(16)11-8-20-12-6-4-3-5-10(12)19-11/h3-6,9,11H,7-8H2,1-2H3,(H,17,18)/t9-,11-/m1/s1. The van der Waals surface area contributed by atoms with E-state index in [-0.39, 0.29) is 12.5 Å². The normalized spacial score (nSPS) is 18.6. The number of hydrogen-bond donors (Lipinski definition) is 1. The lowest BCUT2D eigenvalue weighted by Crippen LogP contribution is -2.44. The van der Waals surface area contributed by atoms with E-state index in [4.69, 9.17) is 9.84 Å². The van der Waals surface area contributed by atoms with Gasteiger partial charge in [-0.25, -0.2) is 0 Å². The third-order valence-electron chi connectivity index (χ3n) is 3.13. The average molecular weight is 295 g/mol.